The average Bonchev–Trinajstić information content (AvgIpc) is 2.69. The van der Waals surface area contributed by atoms with Crippen molar-refractivity contribution >= 4 is 55.9 Å². The fourth-order valence-electron chi connectivity index (χ4n) is 3.65. The van der Waals surface area contributed by atoms with Crippen LogP contribution in [0, 0.1) is 11.3 Å². The number of rotatable bonds is 3. The van der Waals surface area contributed by atoms with Gasteiger partial charge in [0, 0.05) is 5.56 Å². The fraction of sp³-hybridized carbons (Fsp3) is 0.136. The van der Waals surface area contributed by atoms with Crippen LogP contribution in [0.5, 0.6) is 0 Å². The summed E-state index contributed by atoms with van der Waals surface area (Å²) in [4.78, 5) is 0. The smallest absolute Gasteiger partial charge is 0.236 e. The van der Waals surface area contributed by atoms with Crippen LogP contribution in [-0.4, -0.2) is 13.9 Å². The van der Waals surface area contributed by atoms with Crippen LogP contribution in [-0.2, 0) is 19.9 Å². The Kier molecular flexibility index (Phi) is 5.69. The van der Waals surface area contributed by atoms with E-state index in [1.807, 2.05) is 36.4 Å². The lowest BCUT2D eigenvalue weighted by atomic mass is 9.86. The zero-order valence-corrected chi connectivity index (χ0v) is 17.9. The molecule has 160 valence electrons. The van der Waals surface area contributed by atoms with Gasteiger partial charge in [-0.1, -0.05) is 48.5 Å². The van der Waals surface area contributed by atoms with Crippen LogP contribution in [0.3, 0.4) is 0 Å². The van der Waals surface area contributed by atoms with Crippen LogP contribution in [0.4, 0.5) is 13.2 Å². The van der Waals surface area contributed by atoms with E-state index >= 15 is 0 Å². The van der Waals surface area contributed by atoms with Gasteiger partial charge in [0.2, 0.25) is 0 Å². The van der Waals surface area contributed by atoms with Crippen molar-refractivity contribution in [3.8, 4) is 6.07 Å². The van der Waals surface area contributed by atoms with Crippen LogP contribution in [0.15, 0.2) is 66.7 Å². The lowest BCUT2D eigenvalue weighted by molar-refractivity contribution is -0.0603. The highest BCUT2D eigenvalue weighted by Crippen LogP contribution is 2.42. The van der Waals surface area contributed by atoms with Gasteiger partial charge >= 0.3 is 15.6 Å². The Hall–Kier alpha value is -2.80. The Morgan fingerprint density at radius 1 is 0.839 bits per heavy atom. The number of benzene rings is 4. The highest BCUT2D eigenvalue weighted by Gasteiger charge is 2.52. The maximum absolute atomic E-state index is 13.0. The Labute approximate surface area is 183 Å². The van der Waals surface area contributed by atoms with Crippen LogP contribution in [0.1, 0.15) is 12.5 Å². The third kappa shape index (κ3) is 3.83. The summed E-state index contributed by atoms with van der Waals surface area (Å²) >= 11 is 0. The van der Waals surface area contributed by atoms with E-state index in [-0.39, 0.29) is 19.1 Å². The molecular weight excluding hydrogens is 447 g/mol. The highest BCUT2D eigenvalue weighted by atomic mass is 32.2. The van der Waals surface area contributed by atoms with E-state index < -0.39 is 21.2 Å². The molecule has 0 heterocycles. The first-order valence-corrected chi connectivity index (χ1v) is 10.2. The van der Waals surface area contributed by atoms with E-state index in [1.165, 1.54) is 0 Å². The molecule has 4 nitrogen and oxygen atoms in total. The molecule has 1 atom stereocenters. The van der Waals surface area contributed by atoms with E-state index in [9.17, 15) is 26.9 Å². The van der Waals surface area contributed by atoms with Crippen molar-refractivity contribution in [1.82, 2.24) is 0 Å². The second-order valence-corrected chi connectivity index (χ2v) is 8.56. The molecule has 0 saturated carbocycles. The molecule has 0 aromatic heterocycles. The van der Waals surface area contributed by atoms with E-state index in [4.69, 9.17) is 0 Å². The van der Waals surface area contributed by atoms with Gasteiger partial charge in [-0.15, -0.1) is 0 Å². The van der Waals surface area contributed by atoms with Crippen molar-refractivity contribution in [3.63, 3.8) is 0 Å². The molecule has 0 aliphatic heterocycles. The summed E-state index contributed by atoms with van der Waals surface area (Å²) in [5, 5.41) is 13.6. The van der Waals surface area contributed by atoms with E-state index in [0.29, 0.717) is 21.5 Å². The van der Waals surface area contributed by atoms with Crippen LogP contribution < -0.4 is 0 Å². The molecule has 0 bridgehead atoms. The van der Waals surface area contributed by atoms with Crippen molar-refractivity contribution < 1.29 is 25.8 Å². The summed E-state index contributed by atoms with van der Waals surface area (Å²) in [6, 6.07) is 21.2. The molecule has 4 aromatic rings. The zero-order valence-electron chi connectivity index (χ0n) is 16.1. The summed E-state index contributed by atoms with van der Waals surface area (Å²) in [6.07, 6.45) is 0. The van der Waals surface area contributed by atoms with Crippen molar-refractivity contribution in [2.75, 3.05) is 0 Å². The van der Waals surface area contributed by atoms with Gasteiger partial charge in [0.25, 0.3) is 0 Å². The van der Waals surface area contributed by atoms with E-state index in [1.54, 1.807) is 36.4 Å². The zero-order chi connectivity index (χ0) is 21.7. The first-order valence-electron chi connectivity index (χ1n) is 8.84. The SMILES string of the molecule is CC(C#N)(OS(=O)(=O)C(F)(F)F)c1c2ccccc2cc2cc3ccccc3cc12.S. The molecular formula is C22H16F3NO3S2. The van der Waals surface area contributed by atoms with E-state index in [2.05, 4.69) is 4.18 Å². The van der Waals surface area contributed by atoms with Crippen molar-refractivity contribution in [2.45, 2.75) is 18.0 Å². The molecule has 9 heteroatoms. The van der Waals surface area contributed by atoms with Crippen molar-refractivity contribution in [1.29, 1.82) is 5.26 Å². The number of hydrogen-bond acceptors (Lipinski definition) is 4. The van der Waals surface area contributed by atoms with Gasteiger partial charge in [-0.25, -0.2) is 4.18 Å². The third-order valence-corrected chi connectivity index (χ3v) is 6.10. The van der Waals surface area contributed by atoms with Gasteiger partial charge in [0.05, 0.1) is 0 Å². The highest BCUT2D eigenvalue weighted by molar-refractivity contribution is 7.87. The lowest BCUT2D eigenvalue weighted by Crippen LogP contribution is -2.35. The monoisotopic (exact) mass is 463 g/mol. The summed E-state index contributed by atoms with van der Waals surface area (Å²) in [5.41, 5.74) is -8.00. The minimum Gasteiger partial charge on any atom is -0.236 e. The Bertz CT molecular complexity index is 1460. The number of nitriles is 1. The Morgan fingerprint density at radius 3 is 1.94 bits per heavy atom. The molecule has 0 saturated heterocycles. The van der Waals surface area contributed by atoms with Crippen LogP contribution in [0.2, 0.25) is 0 Å². The topological polar surface area (TPSA) is 67.2 Å². The molecule has 0 aliphatic rings. The van der Waals surface area contributed by atoms with Crippen molar-refractivity contribution in [3.05, 3.63) is 72.3 Å². The number of nitrogens with zero attached hydrogens (tertiary/aromatic N) is 1. The lowest BCUT2D eigenvalue weighted by Gasteiger charge is -2.26. The Morgan fingerprint density at radius 2 is 1.35 bits per heavy atom. The first-order chi connectivity index (χ1) is 14.1. The van der Waals surface area contributed by atoms with Gasteiger partial charge in [0.1, 0.15) is 6.07 Å². The molecule has 1 unspecified atom stereocenters. The minimum atomic E-state index is -6.02. The molecule has 4 aromatic carbocycles. The maximum Gasteiger partial charge on any atom is 0.523 e. The van der Waals surface area contributed by atoms with Crippen molar-refractivity contribution in [2.24, 2.45) is 0 Å². The molecule has 0 fully saturated rings. The minimum absolute atomic E-state index is 0. The van der Waals surface area contributed by atoms with Gasteiger partial charge in [-0.3, -0.25) is 0 Å². The molecule has 0 amide bonds. The van der Waals surface area contributed by atoms with Gasteiger partial charge < -0.3 is 0 Å². The third-order valence-electron chi connectivity index (χ3n) is 4.98. The predicted octanol–water partition coefficient (Wildman–Crippen LogP) is 5.86. The molecule has 31 heavy (non-hydrogen) atoms. The second-order valence-electron chi connectivity index (χ2n) is 7.02. The normalized spacial score (nSPS) is 14.2. The quantitative estimate of drug-likeness (QED) is 0.217. The Balaban J connectivity index is 0.00000272. The number of hydrogen-bond donors (Lipinski definition) is 0. The number of alkyl halides is 3. The largest absolute Gasteiger partial charge is 0.523 e. The molecule has 0 aliphatic carbocycles. The summed E-state index contributed by atoms with van der Waals surface area (Å²) in [5.74, 6) is 0. The summed E-state index contributed by atoms with van der Waals surface area (Å²) in [7, 11) is -6.02. The predicted molar refractivity (Wildman–Crippen MR) is 118 cm³/mol. The van der Waals surface area contributed by atoms with Gasteiger partial charge in [-0.2, -0.15) is 40.3 Å². The molecule has 0 radical (unpaired) electrons. The number of halogens is 3. The summed E-state index contributed by atoms with van der Waals surface area (Å²) in [6.45, 7) is 1.03. The maximum atomic E-state index is 13.0. The van der Waals surface area contributed by atoms with E-state index in [0.717, 1.165) is 17.7 Å². The molecule has 0 N–H and O–H groups in total. The molecule has 4 rings (SSSR count). The first kappa shape index (κ1) is 22.9. The number of fused-ring (bicyclic) bond motifs is 3. The fourth-order valence-corrected chi connectivity index (χ4v) is 4.31. The van der Waals surface area contributed by atoms with Crippen LogP contribution >= 0.6 is 13.5 Å². The van der Waals surface area contributed by atoms with Gasteiger partial charge in [-0.05, 0) is 57.4 Å². The summed E-state index contributed by atoms with van der Waals surface area (Å²) < 4.78 is 67.2. The average molecular weight is 464 g/mol. The van der Waals surface area contributed by atoms with Crippen LogP contribution in [0.25, 0.3) is 32.3 Å². The molecule has 0 spiro atoms. The second kappa shape index (κ2) is 7.71. The van der Waals surface area contributed by atoms with Gasteiger partial charge in [0.15, 0.2) is 5.60 Å². The standard InChI is InChI=1S/C22H14F3NO3S.H2S/c1-21(13-26,29-30(27,28)22(23,24)25)20-18-9-5-4-8-16(18)11-17-10-14-6-2-3-7-15(14)12-19(17)20;/h2-12H,1H3;1H2.